The van der Waals surface area contributed by atoms with Crippen LogP contribution in [-0.4, -0.2) is 36.0 Å². The van der Waals surface area contributed by atoms with Gasteiger partial charge in [-0.1, -0.05) is 12.8 Å². The van der Waals surface area contributed by atoms with Crippen LogP contribution >= 0.6 is 0 Å². The molecule has 3 heteroatoms. The Morgan fingerprint density at radius 1 is 1.29 bits per heavy atom. The summed E-state index contributed by atoms with van der Waals surface area (Å²) in [6.07, 6.45) is 5.99. The molecule has 0 aromatic carbocycles. The summed E-state index contributed by atoms with van der Waals surface area (Å²) in [6, 6.07) is 1.12. The predicted octanol–water partition coefficient (Wildman–Crippen LogP) is 0.749. The van der Waals surface area contributed by atoms with E-state index in [-0.39, 0.29) is 0 Å². The Morgan fingerprint density at radius 2 is 2.07 bits per heavy atom. The normalized spacial score (nSPS) is 37.0. The van der Waals surface area contributed by atoms with Crippen molar-refractivity contribution in [1.82, 2.24) is 10.2 Å². The standard InChI is InChI=1S/C11H18N2O/c14-11(8-3-1-2-4-8)13-7-9-5-10(13)6-12-9/h8-10,12H,1-7H2. The molecule has 3 aliphatic rings. The maximum absolute atomic E-state index is 12.1. The summed E-state index contributed by atoms with van der Waals surface area (Å²) in [6.45, 7) is 2.00. The monoisotopic (exact) mass is 194 g/mol. The first-order valence-electron chi connectivity index (χ1n) is 5.88. The average Bonchev–Trinajstić information content (AvgIpc) is 2.93. The number of nitrogens with one attached hydrogen (secondary N) is 1. The summed E-state index contributed by atoms with van der Waals surface area (Å²) in [5.41, 5.74) is 0. The maximum atomic E-state index is 12.1. The number of carbonyl (C=O) groups excluding carboxylic acids is 1. The first-order valence-corrected chi connectivity index (χ1v) is 5.88. The molecular formula is C11H18N2O. The first kappa shape index (κ1) is 8.72. The van der Waals surface area contributed by atoms with Crippen molar-refractivity contribution >= 4 is 5.91 Å². The molecule has 1 amide bonds. The third-order valence-corrected chi connectivity index (χ3v) is 4.04. The second kappa shape index (κ2) is 3.23. The third kappa shape index (κ3) is 1.26. The fourth-order valence-electron chi connectivity index (χ4n) is 3.24. The van der Waals surface area contributed by atoms with Gasteiger partial charge in [0.05, 0.1) is 0 Å². The van der Waals surface area contributed by atoms with E-state index in [1.165, 1.54) is 19.3 Å². The number of hydrogen-bond donors (Lipinski definition) is 1. The van der Waals surface area contributed by atoms with Gasteiger partial charge in [0.1, 0.15) is 0 Å². The Hall–Kier alpha value is -0.570. The van der Waals surface area contributed by atoms with Crippen molar-refractivity contribution in [3.63, 3.8) is 0 Å². The van der Waals surface area contributed by atoms with E-state index >= 15 is 0 Å². The molecule has 2 aliphatic heterocycles. The van der Waals surface area contributed by atoms with Crippen LogP contribution in [0.25, 0.3) is 0 Å². The van der Waals surface area contributed by atoms with Gasteiger partial charge in [-0.25, -0.2) is 0 Å². The van der Waals surface area contributed by atoms with Crippen LogP contribution < -0.4 is 5.32 Å². The van der Waals surface area contributed by atoms with Crippen molar-refractivity contribution in [2.45, 2.75) is 44.2 Å². The molecule has 1 N–H and O–H groups in total. The zero-order valence-electron chi connectivity index (χ0n) is 8.54. The Bertz CT molecular complexity index is 248. The van der Waals surface area contributed by atoms with E-state index in [0.717, 1.165) is 25.9 Å². The number of nitrogens with zero attached hydrogens (tertiary/aromatic N) is 1. The van der Waals surface area contributed by atoms with Crippen LogP contribution in [0.3, 0.4) is 0 Å². The zero-order valence-corrected chi connectivity index (χ0v) is 8.54. The Morgan fingerprint density at radius 3 is 2.64 bits per heavy atom. The molecule has 1 saturated carbocycles. The maximum Gasteiger partial charge on any atom is 0.226 e. The number of amides is 1. The molecule has 3 rings (SSSR count). The van der Waals surface area contributed by atoms with Crippen molar-refractivity contribution in [3.8, 4) is 0 Å². The lowest BCUT2D eigenvalue weighted by atomic mass is 10.1. The van der Waals surface area contributed by atoms with E-state index in [1.54, 1.807) is 0 Å². The predicted molar refractivity (Wildman–Crippen MR) is 53.9 cm³/mol. The van der Waals surface area contributed by atoms with Gasteiger partial charge in [0.15, 0.2) is 0 Å². The van der Waals surface area contributed by atoms with Gasteiger partial charge < -0.3 is 10.2 Å². The van der Waals surface area contributed by atoms with Crippen molar-refractivity contribution in [3.05, 3.63) is 0 Å². The van der Waals surface area contributed by atoms with Crippen LogP contribution in [-0.2, 0) is 4.79 Å². The molecular weight excluding hydrogens is 176 g/mol. The summed E-state index contributed by atoms with van der Waals surface area (Å²) >= 11 is 0. The fraction of sp³-hybridized carbons (Fsp3) is 0.909. The molecule has 78 valence electrons. The van der Waals surface area contributed by atoms with Gasteiger partial charge in [-0.2, -0.15) is 0 Å². The Balaban J connectivity index is 1.67. The number of piperazine rings is 1. The molecule has 2 bridgehead atoms. The van der Waals surface area contributed by atoms with Crippen LogP contribution in [0.5, 0.6) is 0 Å². The topological polar surface area (TPSA) is 32.3 Å². The van der Waals surface area contributed by atoms with Crippen LogP contribution in [0.4, 0.5) is 0 Å². The molecule has 0 radical (unpaired) electrons. The molecule has 3 nitrogen and oxygen atoms in total. The molecule has 2 unspecified atom stereocenters. The minimum atomic E-state index is 0.370. The molecule has 3 fully saturated rings. The van der Waals surface area contributed by atoms with E-state index in [9.17, 15) is 4.79 Å². The minimum Gasteiger partial charge on any atom is -0.337 e. The SMILES string of the molecule is O=C(C1CCCC1)N1CC2CC1CN2. The van der Waals surface area contributed by atoms with Gasteiger partial charge in [0.25, 0.3) is 0 Å². The van der Waals surface area contributed by atoms with Crippen LogP contribution in [0.1, 0.15) is 32.1 Å². The van der Waals surface area contributed by atoms with E-state index in [1.807, 2.05) is 0 Å². The summed E-state index contributed by atoms with van der Waals surface area (Å²) in [4.78, 5) is 14.3. The van der Waals surface area contributed by atoms with Crippen molar-refractivity contribution < 1.29 is 4.79 Å². The number of carbonyl (C=O) groups is 1. The van der Waals surface area contributed by atoms with E-state index in [4.69, 9.17) is 0 Å². The number of rotatable bonds is 1. The van der Waals surface area contributed by atoms with Gasteiger partial charge in [-0.15, -0.1) is 0 Å². The zero-order chi connectivity index (χ0) is 9.54. The van der Waals surface area contributed by atoms with Crippen LogP contribution in [0, 0.1) is 5.92 Å². The number of likely N-dealkylation sites (tertiary alicyclic amines) is 1. The van der Waals surface area contributed by atoms with Gasteiger partial charge in [-0.3, -0.25) is 4.79 Å². The highest BCUT2D eigenvalue weighted by atomic mass is 16.2. The largest absolute Gasteiger partial charge is 0.337 e. The van der Waals surface area contributed by atoms with Gasteiger partial charge >= 0.3 is 0 Å². The van der Waals surface area contributed by atoms with E-state index in [2.05, 4.69) is 10.2 Å². The Kier molecular flexibility index (Phi) is 2.01. The fourth-order valence-corrected chi connectivity index (χ4v) is 3.24. The van der Waals surface area contributed by atoms with E-state index < -0.39 is 0 Å². The number of hydrogen-bond acceptors (Lipinski definition) is 2. The van der Waals surface area contributed by atoms with Crippen LogP contribution in [0.15, 0.2) is 0 Å². The molecule has 0 aromatic rings. The Labute approximate surface area is 84.8 Å². The molecule has 14 heavy (non-hydrogen) atoms. The lowest BCUT2D eigenvalue weighted by molar-refractivity contribution is -0.136. The van der Waals surface area contributed by atoms with Gasteiger partial charge in [0, 0.05) is 31.1 Å². The molecule has 2 saturated heterocycles. The minimum absolute atomic E-state index is 0.370. The third-order valence-electron chi connectivity index (χ3n) is 4.04. The summed E-state index contributed by atoms with van der Waals surface area (Å²) < 4.78 is 0. The quantitative estimate of drug-likeness (QED) is 0.668. The molecule has 0 spiro atoms. The van der Waals surface area contributed by atoms with Gasteiger partial charge in [-0.05, 0) is 19.3 Å². The lowest BCUT2D eigenvalue weighted by Crippen LogP contribution is -2.48. The van der Waals surface area contributed by atoms with Crippen molar-refractivity contribution in [2.24, 2.45) is 5.92 Å². The number of fused-ring (bicyclic) bond motifs is 2. The summed E-state index contributed by atoms with van der Waals surface area (Å²) in [5, 5.41) is 3.44. The van der Waals surface area contributed by atoms with Crippen molar-refractivity contribution in [1.29, 1.82) is 0 Å². The summed E-state index contributed by atoms with van der Waals surface area (Å²) in [5.74, 6) is 0.825. The highest BCUT2D eigenvalue weighted by Crippen LogP contribution is 2.31. The van der Waals surface area contributed by atoms with Crippen LogP contribution in [0.2, 0.25) is 0 Å². The molecule has 1 aliphatic carbocycles. The second-order valence-corrected chi connectivity index (χ2v) is 4.97. The second-order valence-electron chi connectivity index (χ2n) is 4.97. The highest BCUT2D eigenvalue weighted by molar-refractivity contribution is 5.80. The van der Waals surface area contributed by atoms with Gasteiger partial charge in [0.2, 0.25) is 5.91 Å². The lowest BCUT2D eigenvalue weighted by Gasteiger charge is -2.29. The van der Waals surface area contributed by atoms with E-state index in [0.29, 0.717) is 23.9 Å². The molecule has 2 heterocycles. The summed E-state index contributed by atoms with van der Waals surface area (Å²) in [7, 11) is 0. The molecule has 0 aromatic heterocycles. The highest BCUT2D eigenvalue weighted by Gasteiger charge is 2.42. The molecule has 2 atom stereocenters. The first-order chi connectivity index (χ1) is 6.84. The van der Waals surface area contributed by atoms with Crippen molar-refractivity contribution in [2.75, 3.05) is 13.1 Å². The smallest absolute Gasteiger partial charge is 0.226 e. The average molecular weight is 194 g/mol.